The van der Waals surface area contributed by atoms with Gasteiger partial charge in [0.2, 0.25) is 0 Å². The van der Waals surface area contributed by atoms with Crippen LogP contribution < -0.4 is 0 Å². The summed E-state index contributed by atoms with van der Waals surface area (Å²) < 4.78 is 18.6. The van der Waals surface area contributed by atoms with Gasteiger partial charge in [0.1, 0.15) is 17.8 Å². The van der Waals surface area contributed by atoms with E-state index in [1.54, 1.807) is 0 Å². The topological polar surface area (TPSA) is 47.9 Å². The number of ether oxygens (including phenoxy) is 3. The molecule has 4 heteroatoms. The molecule has 3 unspecified atom stereocenters. The van der Waals surface area contributed by atoms with E-state index in [4.69, 9.17) is 14.2 Å². The first-order chi connectivity index (χ1) is 14.7. The Labute approximate surface area is 178 Å². The van der Waals surface area contributed by atoms with Crippen LogP contribution in [0.1, 0.15) is 23.6 Å². The highest BCUT2D eigenvalue weighted by atomic mass is 16.6. The molecule has 3 aromatic carbocycles. The third kappa shape index (κ3) is 4.47. The highest BCUT2D eigenvalue weighted by Crippen LogP contribution is 2.39. The fraction of sp³-hybridized carbons (Fsp3) is 0.308. The second-order valence-corrected chi connectivity index (χ2v) is 7.72. The number of aliphatic hydroxyl groups is 1. The van der Waals surface area contributed by atoms with Gasteiger partial charge in [-0.15, -0.1) is 0 Å². The molecule has 1 saturated heterocycles. The largest absolute Gasteiger partial charge is 0.380 e. The molecule has 1 N–H and O–H groups in total. The summed E-state index contributed by atoms with van der Waals surface area (Å²) in [4.78, 5) is 0. The lowest BCUT2D eigenvalue weighted by atomic mass is 9.79. The van der Waals surface area contributed by atoms with Crippen molar-refractivity contribution in [2.75, 3.05) is 6.61 Å². The minimum absolute atomic E-state index is 0.364. The van der Waals surface area contributed by atoms with Gasteiger partial charge in [-0.3, -0.25) is 0 Å². The quantitative estimate of drug-likeness (QED) is 0.631. The van der Waals surface area contributed by atoms with E-state index in [1.165, 1.54) is 0 Å². The van der Waals surface area contributed by atoms with Crippen molar-refractivity contribution in [1.82, 2.24) is 0 Å². The minimum atomic E-state index is -1.32. The maximum absolute atomic E-state index is 11.9. The van der Waals surface area contributed by atoms with Crippen LogP contribution in [0.25, 0.3) is 0 Å². The summed E-state index contributed by atoms with van der Waals surface area (Å²) in [6.07, 6.45) is -1.42. The van der Waals surface area contributed by atoms with E-state index in [0.29, 0.717) is 19.8 Å². The van der Waals surface area contributed by atoms with Gasteiger partial charge >= 0.3 is 0 Å². The number of benzene rings is 3. The predicted molar refractivity (Wildman–Crippen MR) is 116 cm³/mol. The van der Waals surface area contributed by atoms with Crippen LogP contribution in [-0.2, 0) is 33.0 Å². The van der Waals surface area contributed by atoms with Crippen LogP contribution >= 0.6 is 0 Å². The molecule has 0 aliphatic carbocycles. The Hall–Kier alpha value is -2.50. The zero-order valence-electron chi connectivity index (χ0n) is 17.2. The van der Waals surface area contributed by atoms with Crippen LogP contribution in [0.3, 0.4) is 0 Å². The Kier molecular flexibility index (Phi) is 6.60. The molecule has 4 rings (SSSR count). The lowest BCUT2D eigenvalue weighted by molar-refractivity contribution is -0.271. The summed E-state index contributed by atoms with van der Waals surface area (Å²) in [5.74, 6) is 0. The van der Waals surface area contributed by atoms with Gasteiger partial charge in [-0.05, 0) is 23.6 Å². The van der Waals surface area contributed by atoms with Gasteiger partial charge in [-0.2, -0.15) is 0 Å². The van der Waals surface area contributed by atoms with E-state index in [1.807, 2.05) is 97.9 Å². The fourth-order valence-electron chi connectivity index (χ4n) is 3.98. The van der Waals surface area contributed by atoms with Crippen molar-refractivity contribution >= 4 is 0 Å². The van der Waals surface area contributed by atoms with Crippen molar-refractivity contribution < 1.29 is 19.3 Å². The van der Waals surface area contributed by atoms with Crippen LogP contribution in [0.15, 0.2) is 91.0 Å². The maximum Gasteiger partial charge on any atom is 0.144 e. The molecular weight excluding hydrogens is 376 g/mol. The standard InChI is InChI=1S/C26H28O4/c1-20-26(27,23-15-9-4-10-16-23)25(30-18-22-13-7-3-8-14-22)24(19-28-20)29-17-21-11-5-2-6-12-21/h2-16,20,24-25,27H,17-19H2,1H3/t20?,24?,25?,26-/m0/s1. The van der Waals surface area contributed by atoms with Gasteiger partial charge < -0.3 is 19.3 Å². The number of rotatable bonds is 7. The summed E-state index contributed by atoms with van der Waals surface area (Å²) in [6, 6.07) is 29.6. The van der Waals surface area contributed by atoms with Crippen molar-refractivity contribution in [3.63, 3.8) is 0 Å². The fourth-order valence-corrected chi connectivity index (χ4v) is 3.98. The van der Waals surface area contributed by atoms with Crippen molar-refractivity contribution in [2.45, 2.75) is 44.1 Å². The smallest absolute Gasteiger partial charge is 0.144 e. The van der Waals surface area contributed by atoms with Crippen molar-refractivity contribution in [3.05, 3.63) is 108 Å². The normalized spacial score (nSPS) is 26.4. The summed E-state index contributed by atoms with van der Waals surface area (Å²) in [6.45, 7) is 3.07. The summed E-state index contributed by atoms with van der Waals surface area (Å²) in [7, 11) is 0. The van der Waals surface area contributed by atoms with Crippen molar-refractivity contribution in [2.24, 2.45) is 0 Å². The first-order valence-electron chi connectivity index (χ1n) is 10.4. The molecule has 0 spiro atoms. The van der Waals surface area contributed by atoms with Crippen molar-refractivity contribution in [1.29, 1.82) is 0 Å². The Balaban J connectivity index is 1.60. The molecule has 4 atom stereocenters. The molecule has 1 heterocycles. The average molecular weight is 405 g/mol. The number of hydrogen-bond donors (Lipinski definition) is 1. The molecule has 1 aliphatic rings. The monoisotopic (exact) mass is 404 g/mol. The summed E-state index contributed by atoms with van der Waals surface area (Å²) in [5, 5.41) is 11.9. The molecule has 1 aliphatic heterocycles. The lowest BCUT2D eigenvalue weighted by Gasteiger charge is -2.47. The SMILES string of the molecule is CC1OCC(OCc2ccccc2)C(OCc2ccccc2)[C@@]1(O)c1ccccc1. The molecule has 0 bridgehead atoms. The van der Waals surface area contributed by atoms with E-state index >= 15 is 0 Å². The molecule has 30 heavy (non-hydrogen) atoms. The van der Waals surface area contributed by atoms with Gasteiger partial charge in [0.25, 0.3) is 0 Å². The van der Waals surface area contributed by atoms with Crippen molar-refractivity contribution in [3.8, 4) is 0 Å². The second-order valence-electron chi connectivity index (χ2n) is 7.72. The molecule has 156 valence electrons. The predicted octanol–water partition coefficient (Wildman–Crippen LogP) is 4.46. The van der Waals surface area contributed by atoms with Gasteiger partial charge in [-0.1, -0.05) is 91.0 Å². The van der Waals surface area contributed by atoms with E-state index in [9.17, 15) is 5.11 Å². The first kappa shape index (κ1) is 20.8. The van der Waals surface area contributed by atoms with E-state index in [-0.39, 0.29) is 0 Å². The lowest BCUT2D eigenvalue weighted by Crippen LogP contribution is -2.61. The molecule has 0 radical (unpaired) electrons. The Morgan fingerprint density at radius 1 is 0.800 bits per heavy atom. The minimum Gasteiger partial charge on any atom is -0.380 e. The molecule has 4 nitrogen and oxygen atoms in total. The van der Waals surface area contributed by atoms with Gasteiger partial charge in [-0.25, -0.2) is 0 Å². The third-order valence-electron chi connectivity index (χ3n) is 5.72. The van der Waals surface area contributed by atoms with Gasteiger partial charge in [0, 0.05) is 0 Å². The Bertz CT molecular complexity index is 900. The second kappa shape index (κ2) is 9.54. The average Bonchev–Trinajstić information content (AvgIpc) is 2.81. The Morgan fingerprint density at radius 2 is 1.30 bits per heavy atom. The molecule has 1 fully saturated rings. The van der Waals surface area contributed by atoms with Crippen LogP contribution in [0.2, 0.25) is 0 Å². The Morgan fingerprint density at radius 3 is 1.87 bits per heavy atom. The third-order valence-corrected chi connectivity index (χ3v) is 5.72. The van der Waals surface area contributed by atoms with Crippen LogP contribution in [-0.4, -0.2) is 30.0 Å². The summed E-state index contributed by atoms with van der Waals surface area (Å²) in [5.41, 5.74) is 1.56. The molecule has 0 aromatic heterocycles. The highest BCUT2D eigenvalue weighted by molar-refractivity contribution is 5.27. The van der Waals surface area contributed by atoms with Gasteiger partial charge in [0.15, 0.2) is 0 Å². The van der Waals surface area contributed by atoms with Gasteiger partial charge in [0.05, 0.1) is 25.9 Å². The van der Waals surface area contributed by atoms with E-state index in [0.717, 1.165) is 16.7 Å². The molecule has 0 saturated carbocycles. The van der Waals surface area contributed by atoms with E-state index < -0.39 is 23.9 Å². The zero-order valence-corrected chi connectivity index (χ0v) is 17.2. The summed E-state index contributed by atoms with van der Waals surface area (Å²) >= 11 is 0. The maximum atomic E-state index is 11.9. The molecular formula is C26H28O4. The van der Waals surface area contributed by atoms with Crippen LogP contribution in [0.5, 0.6) is 0 Å². The van der Waals surface area contributed by atoms with Crippen LogP contribution in [0, 0.1) is 0 Å². The highest BCUT2D eigenvalue weighted by Gasteiger charge is 2.52. The van der Waals surface area contributed by atoms with Crippen LogP contribution in [0.4, 0.5) is 0 Å². The molecule has 3 aromatic rings. The molecule has 0 amide bonds. The number of hydrogen-bond acceptors (Lipinski definition) is 4. The first-order valence-corrected chi connectivity index (χ1v) is 10.4. The van der Waals surface area contributed by atoms with E-state index in [2.05, 4.69) is 0 Å². The zero-order chi connectivity index (χ0) is 20.8.